The number of nitrogens with one attached hydrogen (secondary N) is 1. The van der Waals surface area contributed by atoms with E-state index in [1.807, 2.05) is 39.0 Å². The van der Waals surface area contributed by atoms with E-state index in [9.17, 15) is 13.2 Å². The van der Waals surface area contributed by atoms with Crippen molar-refractivity contribution < 1.29 is 22.7 Å². The number of anilines is 1. The number of benzene rings is 2. The molecule has 0 spiro atoms. The van der Waals surface area contributed by atoms with Crippen LogP contribution in [0.2, 0.25) is 0 Å². The van der Waals surface area contributed by atoms with E-state index in [1.165, 1.54) is 20.3 Å². The molecule has 7 nitrogen and oxygen atoms in total. The Morgan fingerprint density at radius 3 is 2.38 bits per heavy atom. The van der Waals surface area contributed by atoms with Gasteiger partial charge in [-0.2, -0.15) is 0 Å². The van der Waals surface area contributed by atoms with Crippen molar-refractivity contribution in [2.45, 2.75) is 26.8 Å². The van der Waals surface area contributed by atoms with E-state index in [0.717, 1.165) is 27.3 Å². The fourth-order valence-corrected chi connectivity index (χ4v) is 3.95. The number of methoxy groups -OCH3 is 2. The van der Waals surface area contributed by atoms with Crippen LogP contribution in [0.4, 0.5) is 5.69 Å². The number of carbonyl (C=O) groups is 1. The van der Waals surface area contributed by atoms with Gasteiger partial charge in [0.15, 0.2) is 0 Å². The maximum atomic E-state index is 12.7. The third-order valence-corrected chi connectivity index (χ3v) is 5.75. The molecule has 158 valence electrons. The number of carbonyl (C=O) groups excluding carboxylic acids is 1. The first-order chi connectivity index (χ1) is 13.6. The second-order valence-corrected chi connectivity index (χ2v) is 8.86. The molecule has 0 saturated carbocycles. The Labute approximate surface area is 172 Å². The van der Waals surface area contributed by atoms with Crippen molar-refractivity contribution in [1.82, 2.24) is 5.32 Å². The van der Waals surface area contributed by atoms with Crippen molar-refractivity contribution in [3.63, 3.8) is 0 Å². The molecule has 0 saturated heterocycles. The predicted octanol–water partition coefficient (Wildman–Crippen LogP) is 2.96. The van der Waals surface area contributed by atoms with Crippen molar-refractivity contribution in [3.05, 3.63) is 53.1 Å². The van der Waals surface area contributed by atoms with Crippen molar-refractivity contribution in [3.8, 4) is 11.5 Å². The fourth-order valence-electron chi connectivity index (χ4n) is 3.09. The molecule has 2 aromatic carbocycles. The van der Waals surface area contributed by atoms with Gasteiger partial charge in [-0.15, -0.1) is 0 Å². The van der Waals surface area contributed by atoms with Crippen molar-refractivity contribution in [2.24, 2.45) is 0 Å². The molecule has 2 aromatic rings. The second kappa shape index (κ2) is 9.17. The number of rotatable bonds is 8. The number of amides is 1. The van der Waals surface area contributed by atoms with Crippen LogP contribution in [-0.2, 0) is 14.8 Å². The first-order valence-electron chi connectivity index (χ1n) is 9.13. The van der Waals surface area contributed by atoms with Crippen LogP contribution in [0, 0.1) is 13.8 Å². The number of hydrogen-bond acceptors (Lipinski definition) is 5. The molecule has 0 unspecified atom stereocenters. The van der Waals surface area contributed by atoms with Crippen molar-refractivity contribution in [2.75, 3.05) is 31.3 Å². The molecule has 0 fully saturated rings. The summed E-state index contributed by atoms with van der Waals surface area (Å²) in [5.41, 5.74) is 3.37. The third kappa shape index (κ3) is 5.63. The molecule has 1 atom stereocenters. The lowest BCUT2D eigenvalue weighted by Crippen LogP contribution is -2.41. The van der Waals surface area contributed by atoms with Gasteiger partial charge in [0.1, 0.15) is 18.0 Å². The van der Waals surface area contributed by atoms with Gasteiger partial charge in [-0.05, 0) is 44.0 Å². The van der Waals surface area contributed by atoms with Gasteiger partial charge in [0.05, 0.1) is 32.2 Å². The lowest BCUT2D eigenvalue weighted by Gasteiger charge is -2.25. The molecule has 0 aliphatic rings. The van der Waals surface area contributed by atoms with Crippen molar-refractivity contribution >= 4 is 21.6 Å². The summed E-state index contributed by atoms with van der Waals surface area (Å²) in [7, 11) is -0.829. The summed E-state index contributed by atoms with van der Waals surface area (Å²) < 4.78 is 36.4. The number of sulfonamides is 1. The molecular formula is C21H28N2O5S. The highest BCUT2D eigenvalue weighted by molar-refractivity contribution is 7.92. The van der Waals surface area contributed by atoms with Gasteiger partial charge in [0, 0.05) is 6.07 Å². The number of hydrogen-bond donors (Lipinski definition) is 1. The van der Waals surface area contributed by atoms with E-state index < -0.39 is 15.9 Å². The fraction of sp³-hybridized carbons (Fsp3) is 0.381. The van der Waals surface area contributed by atoms with Crippen molar-refractivity contribution in [1.29, 1.82) is 0 Å². The minimum atomic E-state index is -3.75. The monoisotopic (exact) mass is 420 g/mol. The highest BCUT2D eigenvalue weighted by Gasteiger charge is 2.25. The number of aryl methyl sites for hydroxylation is 2. The van der Waals surface area contributed by atoms with E-state index in [2.05, 4.69) is 5.32 Å². The minimum absolute atomic E-state index is 0.240. The van der Waals surface area contributed by atoms with Crippen LogP contribution in [0.3, 0.4) is 0 Å². The molecule has 29 heavy (non-hydrogen) atoms. The Kier molecular flexibility index (Phi) is 7.13. The quantitative estimate of drug-likeness (QED) is 0.710. The van der Waals surface area contributed by atoms with Gasteiger partial charge in [0.2, 0.25) is 15.9 Å². The Morgan fingerprint density at radius 2 is 1.79 bits per heavy atom. The molecule has 0 aromatic heterocycles. The minimum Gasteiger partial charge on any atom is -0.497 e. The Morgan fingerprint density at radius 1 is 1.10 bits per heavy atom. The zero-order valence-electron chi connectivity index (χ0n) is 17.6. The summed E-state index contributed by atoms with van der Waals surface area (Å²) in [5.74, 6) is 0.360. The van der Waals surface area contributed by atoms with Gasteiger partial charge < -0.3 is 14.8 Å². The zero-order valence-corrected chi connectivity index (χ0v) is 18.5. The highest BCUT2D eigenvalue weighted by Crippen LogP contribution is 2.33. The highest BCUT2D eigenvalue weighted by atomic mass is 32.2. The van der Waals surface area contributed by atoms with E-state index >= 15 is 0 Å². The average molecular weight is 421 g/mol. The smallest absolute Gasteiger partial charge is 0.241 e. The van der Waals surface area contributed by atoms with Crippen LogP contribution in [0.5, 0.6) is 11.5 Å². The Hall–Kier alpha value is -2.74. The average Bonchev–Trinajstić information content (AvgIpc) is 2.66. The number of nitrogens with zero attached hydrogens (tertiary/aromatic N) is 1. The van der Waals surface area contributed by atoms with Gasteiger partial charge in [0.25, 0.3) is 0 Å². The predicted molar refractivity (Wildman–Crippen MR) is 114 cm³/mol. The molecule has 2 rings (SSSR count). The topological polar surface area (TPSA) is 84.9 Å². The summed E-state index contributed by atoms with van der Waals surface area (Å²) in [6.45, 7) is 5.45. The standard InChI is InChI=1S/C21H28N2O5S/c1-14-7-8-15(2)18(11-14)16(3)22-21(24)13-23(29(6,25)26)19-12-17(27-4)9-10-20(19)28-5/h7-12,16H,13H2,1-6H3,(H,22,24)/t16-/m0/s1. The molecule has 0 bridgehead atoms. The van der Waals surface area contributed by atoms with Gasteiger partial charge in [-0.1, -0.05) is 23.8 Å². The molecule has 0 aliphatic heterocycles. The first-order valence-corrected chi connectivity index (χ1v) is 11.0. The van der Waals surface area contributed by atoms with Crippen LogP contribution in [0.25, 0.3) is 0 Å². The Bertz CT molecular complexity index is 989. The van der Waals surface area contributed by atoms with E-state index in [4.69, 9.17) is 9.47 Å². The zero-order chi connectivity index (χ0) is 21.8. The van der Waals surface area contributed by atoms with Crippen LogP contribution in [-0.4, -0.2) is 41.3 Å². The normalized spacial score (nSPS) is 12.2. The lowest BCUT2D eigenvalue weighted by atomic mass is 10.00. The van der Waals surface area contributed by atoms with Crippen LogP contribution >= 0.6 is 0 Å². The van der Waals surface area contributed by atoms with Crippen LogP contribution in [0.15, 0.2) is 36.4 Å². The van der Waals surface area contributed by atoms with Gasteiger partial charge >= 0.3 is 0 Å². The molecule has 1 N–H and O–H groups in total. The van der Waals surface area contributed by atoms with Crippen LogP contribution in [0.1, 0.15) is 29.7 Å². The Balaban J connectivity index is 2.30. The first kappa shape index (κ1) is 22.5. The summed E-state index contributed by atoms with van der Waals surface area (Å²) >= 11 is 0. The SMILES string of the molecule is COc1ccc(OC)c(N(CC(=O)N[C@@H](C)c2cc(C)ccc2C)S(C)(=O)=O)c1. The second-order valence-electron chi connectivity index (χ2n) is 6.96. The molecule has 8 heteroatoms. The summed E-state index contributed by atoms with van der Waals surface area (Å²) in [5, 5.41) is 2.89. The lowest BCUT2D eigenvalue weighted by molar-refractivity contribution is -0.120. The third-order valence-electron chi connectivity index (χ3n) is 4.62. The summed E-state index contributed by atoms with van der Waals surface area (Å²) in [6.07, 6.45) is 1.05. The maximum absolute atomic E-state index is 12.7. The van der Waals surface area contributed by atoms with Gasteiger partial charge in [-0.25, -0.2) is 8.42 Å². The molecule has 0 radical (unpaired) electrons. The molecule has 0 aliphatic carbocycles. The maximum Gasteiger partial charge on any atom is 0.241 e. The molecular weight excluding hydrogens is 392 g/mol. The van der Waals surface area contributed by atoms with Crippen LogP contribution < -0.4 is 19.1 Å². The molecule has 1 amide bonds. The summed E-state index contributed by atoms with van der Waals surface area (Å²) in [4.78, 5) is 12.7. The number of ether oxygens (including phenoxy) is 2. The largest absolute Gasteiger partial charge is 0.497 e. The van der Waals surface area contributed by atoms with E-state index in [0.29, 0.717) is 11.5 Å². The molecule has 0 heterocycles. The van der Waals surface area contributed by atoms with Gasteiger partial charge in [-0.3, -0.25) is 9.10 Å². The summed E-state index contributed by atoms with van der Waals surface area (Å²) in [6, 6.07) is 10.5. The van der Waals surface area contributed by atoms with E-state index in [-0.39, 0.29) is 18.3 Å². The van der Waals surface area contributed by atoms with E-state index in [1.54, 1.807) is 12.1 Å².